The van der Waals surface area contributed by atoms with Crippen LogP contribution < -0.4 is 24.7 Å². The van der Waals surface area contributed by atoms with Crippen molar-refractivity contribution in [1.29, 1.82) is 0 Å². The highest BCUT2D eigenvalue weighted by molar-refractivity contribution is 8.08. The molecule has 36 heavy (non-hydrogen) atoms. The van der Waals surface area contributed by atoms with Crippen molar-refractivity contribution in [2.45, 2.75) is 50.0 Å². The highest BCUT2D eigenvalue weighted by atomic mass is 35.5. The average molecular weight is 537 g/mol. The number of anilines is 2. The van der Waals surface area contributed by atoms with Gasteiger partial charge >= 0.3 is 0 Å². The Kier molecular flexibility index (Phi) is 6.06. The summed E-state index contributed by atoms with van der Waals surface area (Å²) < 4.78 is 3.26. The summed E-state index contributed by atoms with van der Waals surface area (Å²) in [5.74, 6) is -0.191. The van der Waals surface area contributed by atoms with E-state index in [9.17, 15) is 9.59 Å². The first-order valence-electron chi connectivity index (χ1n) is 12.1. The third-order valence-corrected chi connectivity index (χ3v) is 9.76. The van der Waals surface area contributed by atoms with E-state index in [2.05, 4.69) is 5.10 Å². The Morgan fingerprint density at radius 1 is 1.03 bits per heavy atom. The van der Waals surface area contributed by atoms with E-state index in [0.29, 0.717) is 31.2 Å². The fourth-order valence-corrected chi connectivity index (χ4v) is 7.93. The molecule has 184 valence electrons. The number of hydrogen-bond donors (Lipinski definition) is 0. The van der Waals surface area contributed by atoms with Crippen LogP contribution in [0.1, 0.15) is 45.1 Å². The molecule has 0 atom stereocenters. The van der Waals surface area contributed by atoms with E-state index in [0.717, 1.165) is 41.3 Å². The molecular weight excluding hydrogens is 512 g/mol. The van der Waals surface area contributed by atoms with Gasteiger partial charge in [-0.15, -0.1) is 11.3 Å². The highest BCUT2D eigenvalue weighted by Crippen LogP contribution is 2.46. The third kappa shape index (κ3) is 3.83. The molecule has 1 fully saturated rings. The van der Waals surface area contributed by atoms with E-state index in [1.165, 1.54) is 22.8 Å². The number of halogens is 1. The van der Waals surface area contributed by atoms with Crippen molar-refractivity contribution in [3.05, 3.63) is 73.1 Å². The molecule has 0 radical (unpaired) electrons. The van der Waals surface area contributed by atoms with Crippen LogP contribution in [0, 0.1) is 0 Å². The highest BCUT2D eigenvalue weighted by Gasteiger charge is 2.33. The zero-order valence-electron chi connectivity index (χ0n) is 20.0. The van der Waals surface area contributed by atoms with Crippen LogP contribution >= 0.6 is 34.7 Å². The molecule has 0 bridgehead atoms. The van der Waals surface area contributed by atoms with E-state index in [1.807, 2.05) is 72.0 Å². The smallest absolute Gasteiger partial charge is 0.283 e. The molecule has 1 amide bonds. The number of aromatic nitrogens is 1. The number of carbonyl (C=O) groups excluding carboxylic acids is 1. The van der Waals surface area contributed by atoms with Crippen molar-refractivity contribution < 1.29 is 4.79 Å². The molecule has 0 spiro atoms. The number of para-hydroxylation sites is 1. The zero-order chi connectivity index (χ0) is 25.0. The average Bonchev–Trinajstić information content (AvgIpc) is 3.50. The van der Waals surface area contributed by atoms with Gasteiger partial charge in [-0.2, -0.15) is 10.1 Å². The van der Waals surface area contributed by atoms with Crippen molar-refractivity contribution in [2.75, 3.05) is 17.0 Å². The van der Waals surface area contributed by atoms with Crippen LogP contribution in [0.5, 0.6) is 0 Å². The Labute approximate surface area is 222 Å². The van der Waals surface area contributed by atoms with Crippen LogP contribution in [0.25, 0.3) is 10.6 Å². The number of rotatable bonds is 2. The largest absolute Gasteiger partial charge is 0.337 e. The molecule has 0 unspecified atom stereocenters. The first kappa shape index (κ1) is 23.6. The molecule has 9 heteroatoms. The number of fused-ring (bicyclic) bond motifs is 1. The Morgan fingerprint density at radius 2 is 1.78 bits per heavy atom. The van der Waals surface area contributed by atoms with Crippen molar-refractivity contribution in [3.8, 4) is 0 Å². The molecule has 6 rings (SSSR count). The SMILES string of the molecule is CC1=NN(c2ccccc2)C(=O)C1=c1sc(=C2Sc3ccc(Cl)cc3N2C)c(=O)n1C1CCCCC1. The molecule has 3 heterocycles. The Hall–Kier alpha value is -2.81. The molecule has 3 aliphatic rings. The van der Waals surface area contributed by atoms with Gasteiger partial charge in [0.05, 0.1) is 22.7 Å². The lowest BCUT2D eigenvalue weighted by Crippen LogP contribution is -2.38. The van der Waals surface area contributed by atoms with Gasteiger partial charge < -0.3 is 4.90 Å². The lowest BCUT2D eigenvalue weighted by Gasteiger charge is -2.23. The number of hydrogen-bond acceptors (Lipinski definition) is 6. The summed E-state index contributed by atoms with van der Waals surface area (Å²) in [5, 5.41) is 7.58. The predicted molar refractivity (Wildman–Crippen MR) is 150 cm³/mol. The van der Waals surface area contributed by atoms with Crippen LogP contribution in [-0.4, -0.2) is 23.2 Å². The zero-order valence-corrected chi connectivity index (χ0v) is 22.4. The Morgan fingerprint density at radius 3 is 2.53 bits per heavy atom. The maximum atomic E-state index is 14.1. The van der Waals surface area contributed by atoms with E-state index >= 15 is 0 Å². The maximum Gasteiger partial charge on any atom is 0.283 e. The van der Waals surface area contributed by atoms with Gasteiger partial charge in [-0.25, -0.2) is 0 Å². The van der Waals surface area contributed by atoms with Gasteiger partial charge in [-0.05, 0) is 50.1 Å². The van der Waals surface area contributed by atoms with Crippen LogP contribution in [0.4, 0.5) is 11.4 Å². The number of thiazole rings is 1. The first-order chi connectivity index (χ1) is 17.4. The van der Waals surface area contributed by atoms with E-state index in [4.69, 9.17) is 11.6 Å². The minimum absolute atomic E-state index is 0.0265. The summed E-state index contributed by atoms with van der Waals surface area (Å²) in [5.41, 5.74) is 2.83. The number of thioether (sulfide) groups is 1. The lowest BCUT2D eigenvalue weighted by molar-refractivity contribution is -0.112. The summed E-state index contributed by atoms with van der Waals surface area (Å²) in [6.07, 6.45) is 5.24. The summed E-state index contributed by atoms with van der Waals surface area (Å²) in [6, 6.07) is 15.3. The molecule has 1 saturated carbocycles. The molecule has 2 aliphatic heterocycles. The predicted octanol–water partition coefficient (Wildman–Crippen LogP) is 4.95. The van der Waals surface area contributed by atoms with Gasteiger partial charge in [0.25, 0.3) is 11.5 Å². The van der Waals surface area contributed by atoms with Crippen LogP contribution in [-0.2, 0) is 4.79 Å². The van der Waals surface area contributed by atoms with E-state index < -0.39 is 0 Å². The maximum absolute atomic E-state index is 14.1. The molecule has 0 N–H and O–H groups in total. The molecule has 1 aliphatic carbocycles. The summed E-state index contributed by atoms with van der Waals surface area (Å²) >= 11 is 9.25. The third-order valence-electron chi connectivity index (χ3n) is 6.99. The van der Waals surface area contributed by atoms with E-state index in [-0.39, 0.29) is 17.5 Å². The van der Waals surface area contributed by atoms with Gasteiger partial charge in [0.1, 0.15) is 14.2 Å². The van der Waals surface area contributed by atoms with Gasteiger partial charge in [0.15, 0.2) is 0 Å². The number of amides is 1. The number of benzene rings is 2. The van der Waals surface area contributed by atoms with Crippen LogP contribution in [0.2, 0.25) is 5.02 Å². The molecular formula is C27H25ClN4O2S2. The van der Waals surface area contributed by atoms with Gasteiger partial charge in [0, 0.05) is 23.0 Å². The standard InChI is InChI=1S/C27H25ClN4O2S2/c1-16-22(24(33)32(29-16)19-11-7-4-8-12-19)26-31(18-9-5-3-6-10-18)25(34)23(36-26)27-30(2)20-15-17(28)13-14-21(20)35-27/h4,7-8,11-15,18H,3,5-6,9-10H2,1-2H3. The minimum atomic E-state index is -0.191. The van der Waals surface area contributed by atoms with Gasteiger partial charge in [0.2, 0.25) is 0 Å². The van der Waals surface area contributed by atoms with Crippen LogP contribution in [0.3, 0.4) is 0 Å². The Bertz CT molecular complexity index is 1590. The summed E-state index contributed by atoms with van der Waals surface area (Å²) in [4.78, 5) is 30.9. The number of hydrazone groups is 1. The second-order valence-corrected chi connectivity index (χ2v) is 11.8. The van der Waals surface area contributed by atoms with Crippen molar-refractivity contribution in [3.63, 3.8) is 0 Å². The van der Waals surface area contributed by atoms with Gasteiger partial charge in [-0.3, -0.25) is 14.2 Å². The molecule has 2 aromatic carbocycles. The van der Waals surface area contributed by atoms with Crippen molar-refractivity contribution in [1.82, 2.24) is 4.57 Å². The van der Waals surface area contributed by atoms with Crippen molar-refractivity contribution in [2.24, 2.45) is 5.10 Å². The number of carbonyl (C=O) groups is 1. The fraction of sp³-hybridized carbons (Fsp3) is 0.296. The Balaban J connectivity index is 1.59. The minimum Gasteiger partial charge on any atom is -0.337 e. The fourth-order valence-electron chi connectivity index (χ4n) is 5.18. The second kappa shape index (κ2) is 9.25. The normalized spacial score (nSPS) is 21.3. The van der Waals surface area contributed by atoms with Gasteiger partial charge in [-0.1, -0.05) is 60.8 Å². The first-order valence-corrected chi connectivity index (χ1v) is 14.1. The van der Waals surface area contributed by atoms with Crippen LogP contribution in [0.15, 0.2) is 63.3 Å². The topological polar surface area (TPSA) is 57.9 Å². The quantitative estimate of drug-likeness (QED) is 0.465. The molecule has 6 nitrogen and oxygen atoms in total. The second-order valence-electron chi connectivity index (χ2n) is 9.29. The lowest BCUT2D eigenvalue weighted by atomic mass is 9.95. The molecule has 1 aromatic heterocycles. The monoisotopic (exact) mass is 536 g/mol. The summed E-state index contributed by atoms with van der Waals surface area (Å²) in [6.45, 7) is 1.85. The summed E-state index contributed by atoms with van der Waals surface area (Å²) in [7, 11) is 1.96. The number of nitrogens with zero attached hydrogens (tertiary/aromatic N) is 4. The molecule has 3 aromatic rings. The van der Waals surface area contributed by atoms with E-state index in [1.54, 1.807) is 11.8 Å². The molecule has 0 saturated heterocycles. The van der Waals surface area contributed by atoms with Crippen molar-refractivity contribution >= 4 is 68.3 Å².